The van der Waals surface area contributed by atoms with E-state index >= 15 is 0 Å². The van der Waals surface area contributed by atoms with Crippen molar-refractivity contribution in [1.29, 1.82) is 5.26 Å². The lowest BCUT2D eigenvalue weighted by molar-refractivity contribution is 0.0506. The van der Waals surface area contributed by atoms with E-state index < -0.39 is 0 Å². The van der Waals surface area contributed by atoms with Crippen LogP contribution in [0.25, 0.3) is 16.6 Å². The number of nitriles is 1. The SMILES string of the molecule is COCOc1ccc(C)c(-n2c(N)c(C#N)c3ncc(Br)cc3c2=O)c1C. The molecule has 3 rings (SSSR count). The molecule has 27 heavy (non-hydrogen) atoms. The Labute approximate surface area is 164 Å². The van der Waals surface area contributed by atoms with Crippen molar-refractivity contribution in [1.82, 2.24) is 9.55 Å². The fourth-order valence-electron chi connectivity index (χ4n) is 3.04. The van der Waals surface area contributed by atoms with Crippen LogP contribution >= 0.6 is 15.9 Å². The maximum absolute atomic E-state index is 13.2. The van der Waals surface area contributed by atoms with Crippen molar-refractivity contribution in [2.45, 2.75) is 13.8 Å². The predicted molar refractivity (Wildman–Crippen MR) is 106 cm³/mol. The van der Waals surface area contributed by atoms with Crippen LogP contribution in [-0.2, 0) is 4.74 Å². The maximum Gasteiger partial charge on any atom is 0.266 e. The Morgan fingerprint density at radius 2 is 2.11 bits per heavy atom. The van der Waals surface area contributed by atoms with Gasteiger partial charge in [0, 0.05) is 23.3 Å². The van der Waals surface area contributed by atoms with Gasteiger partial charge in [-0.25, -0.2) is 0 Å². The largest absolute Gasteiger partial charge is 0.467 e. The molecule has 0 unspecified atom stereocenters. The van der Waals surface area contributed by atoms with Gasteiger partial charge in [0.1, 0.15) is 23.2 Å². The molecule has 0 amide bonds. The molecule has 8 heteroatoms. The number of halogens is 1. The quantitative estimate of drug-likeness (QED) is 0.639. The van der Waals surface area contributed by atoms with Crippen molar-refractivity contribution in [3.8, 4) is 17.5 Å². The first-order chi connectivity index (χ1) is 12.9. The summed E-state index contributed by atoms with van der Waals surface area (Å²) in [5.41, 5.74) is 8.42. The number of aryl methyl sites for hydroxylation is 1. The van der Waals surface area contributed by atoms with Crippen LogP contribution in [0.15, 0.2) is 33.7 Å². The molecule has 2 heterocycles. The number of methoxy groups -OCH3 is 1. The number of hydrogen-bond acceptors (Lipinski definition) is 6. The first-order valence-corrected chi connectivity index (χ1v) is 8.82. The van der Waals surface area contributed by atoms with Gasteiger partial charge in [0.2, 0.25) is 0 Å². The lowest BCUT2D eigenvalue weighted by Crippen LogP contribution is -2.25. The molecule has 7 nitrogen and oxygen atoms in total. The molecule has 0 atom stereocenters. The highest BCUT2D eigenvalue weighted by atomic mass is 79.9. The third kappa shape index (κ3) is 3.16. The highest BCUT2D eigenvalue weighted by Crippen LogP contribution is 2.31. The van der Waals surface area contributed by atoms with E-state index in [1.165, 1.54) is 17.9 Å². The van der Waals surface area contributed by atoms with Crippen molar-refractivity contribution in [2.24, 2.45) is 0 Å². The number of aromatic nitrogens is 2. The van der Waals surface area contributed by atoms with Gasteiger partial charge in [0.25, 0.3) is 5.56 Å². The summed E-state index contributed by atoms with van der Waals surface area (Å²) in [6.45, 7) is 3.77. The van der Waals surface area contributed by atoms with E-state index in [4.69, 9.17) is 15.2 Å². The van der Waals surface area contributed by atoms with Crippen molar-refractivity contribution < 1.29 is 9.47 Å². The molecular formula is C19H17BrN4O3. The predicted octanol–water partition coefficient (Wildman–Crippen LogP) is 3.20. The Kier molecular flexibility index (Phi) is 5.17. The summed E-state index contributed by atoms with van der Waals surface area (Å²) in [5.74, 6) is 0.606. The standard InChI is InChI=1S/C19H17BrN4O3/c1-10-4-5-15(27-9-26-3)11(2)17(10)24-18(22)14(7-21)16-13(19(24)25)6-12(20)8-23-16/h4-6,8H,9,22H2,1-3H3. The number of nitrogens with two attached hydrogens (primary N) is 1. The second kappa shape index (κ2) is 7.39. The fraction of sp³-hybridized carbons (Fsp3) is 0.211. The Hall–Kier alpha value is -2.89. The molecule has 0 bridgehead atoms. The van der Waals surface area contributed by atoms with E-state index in [2.05, 4.69) is 27.0 Å². The van der Waals surface area contributed by atoms with Crippen molar-refractivity contribution in [2.75, 3.05) is 19.6 Å². The van der Waals surface area contributed by atoms with Crippen molar-refractivity contribution >= 4 is 32.7 Å². The summed E-state index contributed by atoms with van der Waals surface area (Å²) < 4.78 is 12.5. The zero-order valence-electron chi connectivity index (χ0n) is 15.0. The molecule has 1 aromatic carbocycles. The maximum atomic E-state index is 13.2. The van der Waals surface area contributed by atoms with E-state index in [0.717, 1.165) is 5.56 Å². The summed E-state index contributed by atoms with van der Waals surface area (Å²) in [6, 6.07) is 7.34. The normalized spacial score (nSPS) is 10.8. The first kappa shape index (κ1) is 18.9. The second-order valence-electron chi connectivity index (χ2n) is 5.97. The summed E-state index contributed by atoms with van der Waals surface area (Å²) in [5, 5.41) is 9.92. The summed E-state index contributed by atoms with van der Waals surface area (Å²) in [4.78, 5) is 17.5. The molecule has 0 aliphatic heterocycles. The number of ether oxygens (including phenoxy) is 2. The second-order valence-corrected chi connectivity index (χ2v) is 6.88. The number of benzene rings is 1. The third-order valence-corrected chi connectivity index (χ3v) is 4.71. The molecule has 3 aromatic rings. The van der Waals surface area contributed by atoms with E-state index in [0.29, 0.717) is 26.9 Å². The summed E-state index contributed by atoms with van der Waals surface area (Å²) >= 11 is 3.32. The number of hydrogen-bond donors (Lipinski definition) is 1. The topological polar surface area (TPSA) is 103 Å². The van der Waals surface area contributed by atoms with Gasteiger partial charge in [-0.15, -0.1) is 0 Å². The molecule has 0 saturated heterocycles. The zero-order valence-corrected chi connectivity index (χ0v) is 16.6. The highest BCUT2D eigenvalue weighted by Gasteiger charge is 2.21. The summed E-state index contributed by atoms with van der Waals surface area (Å²) in [6.07, 6.45) is 1.53. The van der Waals surface area contributed by atoms with Crippen LogP contribution in [0.1, 0.15) is 16.7 Å². The molecule has 2 aromatic heterocycles. The Bertz CT molecular complexity index is 1150. The molecule has 2 N–H and O–H groups in total. The molecule has 0 aliphatic carbocycles. The molecule has 0 aliphatic rings. The van der Waals surface area contributed by atoms with Crippen molar-refractivity contribution in [3.05, 3.63) is 55.9 Å². The number of pyridine rings is 2. The average molecular weight is 429 g/mol. The lowest BCUT2D eigenvalue weighted by Gasteiger charge is -2.19. The third-order valence-electron chi connectivity index (χ3n) is 4.27. The minimum absolute atomic E-state index is 0.0416. The number of rotatable bonds is 4. The lowest BCUT2D eigenvalue weighted by atomic mass is 10.1. The van der Waals surface area contributed by atoms with Crippen molar-refractivity contribution in [3.63, 3.8) is 0 Å². The minimum atomic E-state index is -0.356. The van der Waals surface area contributed by atoms with Crippen LogP contribution in [0.3, 0.4) is 0 Å². The van der Waals surface area contributed by atoms with Gasteiger partial charge in [-0.05, 0) is 47.5 Å². The van der Waals surface area contributed by atoms with E-state index in [1.807, 2.05) is 19.9 Å². The average Bonchev–Trinajstić information content (AvgIpc) is 2.64. The Morgan fingerprint density at radius 1 is 1.37 bits per heavy atom. The van der Waals surface area contributed by atoms with Crippen LogP contribution in [0, 0.1) is 25.2 Å². The van der Waals surface area contributed by atoms with Crippen LogP contribution < -0.4 is 16.0 Å². The molecule has 0 fully saturated rings. The van der Waals surface area contributed by atoms with Crippen LogP contribution in [0.4, 0.5) is 5.82 Å². The van der Waals surface area contributed by atoms with Gasteiger partial charge in [-0.2, -0.15) is 5.26 Å². The van der Waals surface area contributed by atoms with Gasteiger partial charge >= 0.3 is 0 Å². The Morgan fingerprint density at radius 3 is 2.78 bits per heavy atom. The monoisotopic (exact) mass is 428 g/mol. The first-order valence-electron chi connectivity index (χ1n) is 8.02. The number of anilines is 1. The molecule has 0 spiro atoms. The van der Waals surface area contributed by atoms with E-state index in [1.54, 1.807) is 12.1 Å². The van der Waals surface area contributed by atoms with E-state index in [9.17, 15) is 10.1 Å². The molecular weight excluding hydrogens is 412 g/mol. The zero-order chi connectivity index (χ0) is 19.7. The van der Waals surface area contributed by atoms with Gasteiger partial charge < -0.3 is 15.2 Å². The number of fused-ring (bicyclic) bond motifs is 1. The van der Waals surface area contributed by atoms with E-state index in [-0.39, 0.29) is 29.3 Å². The minimum Gasteiger partial charge on any atom is -0.467 e. The smallest absolute Gasteiger partial charge is 0.266 e. The summed E-state index contributed by atoms with van der Waals surface area (Å²) in [7, 11) is 1.53. The molecule has 0 saturated carbocycles. The van der Waals surface area contributed by atoms with Crippen LogP contribution in [-0.4, -0.2) is 23.5 Å². The molecule has 0 radical (unpaired) electrons. The van der Waals surface area contributed by atoms with Gasteiger partial charge in [-0.1, -0.05) is 6.07 Å². The van der Waals surface area contributed by atoms with Gasteiger partial charge in [0.15, 0.2) is 6.79 Å². The number of nitrogens with zero attached hydrogens (tertiary/aromatic N) is 3. The fourth-order valence-corrected chi connectivity index (χ4v) is 3.37. The van der Waals surface area contributed by atoms with Gasteiger partial charge in [0.05, 0.1) is 16.6 Å². The van der Waals surface area contributed by atoms with Crippen LogP contribution in [0.2, 0.25) is 0 Å². The number of nitrogen functional groups attached to an aromatic ring is 1. The van der Waals surface area contributed by atoms with Crippen LogP contribution in [0.5, 0.6) is 5.75 Å². The van der Waals surface area contributed by atoms with Gasteiger partial charge in [-0.3, -0.25) is 14.3 Å². The Balaban J connectivity index is 2.43. The highest BCUT2D eigenvalue weighted by molar-refractivity contribution is 9.10. The molecule has 138 valence electrons.